The molecule has 1 atom stereocenters. The van der Waals surface area contributed by atoms with Crippen molar-refractivity contribution in [1.29, 1.82) is 0 Å². The van der Waals surface area contributed by atoms with Crippen LogP contribution in [0.5, 0.6) is 5.75 Å². The summed E-state index contributed by atoms with van der Waals surface area (Å²) in [5.74, 6) is 0.974. The number of methoxy groups -OCH3 is 1. The van der Waals surface area contributed by atoms with Crippen molar-refractivity contribution in [2.45, 2.75) is 31.1 Å². The number of carbonyl (C=O) groups is 1. The quantitative estimate of drug-likeness (QED) is 0.543. The van der Waals surface area contributed by atoms with Crippen LogP contribution in [-0.2, 0) is 11.3 Å². The Balaban J connectivity index is 1.57. The highest BCUT2D eigenvalue weighted by molar-refractivity contribution is 7.99. The molecule has 0 spiro atoms. The van der Waals surface area contributed by atoms with E-state index in [4.69, 9.17) is 9.84 Å². The van der Waals surface area contributed by atoms with Gasteiger partial charge < -0.3 is 9.30 Å². The average molecular weight is 422 g/mol. The third-order valence-corrected chi connectivity index (χ3v) is 5.98. The topological polar surface area (TPSA) is 72.6 Å². The lowest BCUT2D eigenvalue weighted by Gasteiger charge is -2.22. The molecule has 1 amide bonds. The molecule has 30 heavy (non-hydrogen) atoms. The van der Waals surface area contributed by atoms with Gasteiger partial charge >= 0.3 is 0 Å². The molecule has 7 nitrogen and oxygen atoms in total. The first kappa shape index (κ1) is 20.2. The van der Waals surface area contributed by atoms with Gasteiger partial charge in [0.25, 0.3) is 5.91 Å². The van der Waals surface area contributed by atoms with Crippen LogP contribution in [0.3, 0.4) is 0 Å². The zero-order valence-corrected chi connectivity index (χ0v) is 17.7. The van der Waals surface area contributed by atoms with Gasteiger partial charge in [0.1, 0.15) is 12.1 Å². The summed E-state index contributed by atoms with van der Waals surface area (Å²) in [4.78, 5) is 13.1. The van der Waals surface area contributed by atoms with Crippen LogP contribution >= 0.6 is 11.8 Å². The first-order valence-corrected chi connectivity index (χ1v) is 10.8. The number of hydrazone groups is 1. The van der Waals surface area contributed by atoms with E-state index < -0.39 is 0 Å². The van der Waals surface area contributed by atoms with E-state index in [-0.39, 0.29) is 17.7 Å². The number of hydrogen-bond donors (Lipinski definition) is 0. The molecule has 0 N–H and O–H groups in total. The van der Waals surface area contributed by atoms with E-state index >= 15 is 0 Å². The molecule has 2 aromatic carbocycles. The van der Waals surface area contributed by atoms with Gasteiger partial charge in [-0.1, -0.05) is 54.2 Å². The van der Waals surface area contributed by atoms with E-state index in [0.717, 1.165) is 34.3 Å². The highest BCUT2D eigenvalue weighted by atomic mass is 32.2. The SMILES string of the molecule is CCn1cnnc1SCC(=O)N1N=C(c2ccccc2)C[C@H]1c1ccc(OC)cc1. The van der Waals surface area contributed by atoms with Crippen LogP contribution in [0.4, 0.5) is 0 Å². The Bertz CT molecular complexity index is 1030. The van der Waals surface area contributed by atoms with Crippen molar-refractivity contribution in [3.63, 3.8) is 0 Å². The third kappa shape index (κ3) is 4.23. The Morgan fingerprint density at radius 3 is 2.63 bits per heavy atom. The summed E-state index contributed by atoms with van der Waals surface area (Å²) in [7, 11) is 1.64. The summed E-state index contributed by atoms with van der Waals surface area (Å²) >= 11 is 1.38. The second-order valence-corrected chi connectivity index (χ2v) is 7.77. The molecule has 1 aliphatic heterocycles. The standard InChI is InChI=1S/C22H23N5O2S/c1-3-26-15-23-24-22(26)30-14-21(28)27-20(17-9-11-18(29-2)12-10-17)13-19(25-27)16-7-5-4-6-8-16/h4-12,15,20H,3,13-14H2,1-2H3/t20-/m0/s1. The first-order valence-electron chi connectivity index (χ1n) is 9.79. The van der Waals surface area contributed by atoms with Crippen LogP contribution in [0, 0.1) is 0 Å². The summed E-state index contributed by atoms with van der Waals surface area (Å²) < 4.78 is 7.19. The van der Waals surface area contributed by atoms with Gasteiger partial charge in [0, 0.05) is 13.0 Å². The summed E-state index contributed by atoms with van der Waals surface area (Å²) in [6.07, 6.45) is 2.34. The molecule has 3 aromatic rings. The van der Waals surface area contributed by atoms with Crippen molar-refractivity contribution in [3.8, 4) is 5.75 Å². The second kappa shape index (κ2) is 9.13. The molecule has 0 unspecified atom stereocenters. The number of thioether (sulfide) groups is 1. The Morgan fingerprint density at radius 1 is 1.17 bits per heavy atom. The monoisotopic (exact) mass is 421 g/mol. The first-order chi connectivity index (χ1) is 14.7. The van der Waals surface area contributed by atoms with E-state index in [2.05, 4.69) is 10.2 Å². The second-order valence-electron chi connectivity index (χ2n) is 6.83. The fourth-order valence-electron chi connectivity index (χ4n) is 3.40. The van der Waals surface area contributed by atoms with Gasteiger partial charge in [-0.2, -0.15) is 5.10 Å². The lowest BCUT2D eigenvalue weighted by atomic mass is 9.98. The molecule has 8 heteroatoms. The number of aryl methyl sites for hydroxylation is 1. The van der Waals surface area contributed by atoms with E-state index in [1.807, 2.05) is 66.1 Å². The van der Waals surface area contributed by atoms with Crippen LogP contribution in [0.15, 0.2) is 71.2 Å². The highest BCUT2D eigenvalue weighted by Crippen LogP contribution is 2.34. The number of benzene rings is 2. The maximum Gasteiger partial charge on any atom is 0.253 e. The fraction of sp³-hybridized carbons (Fsp3) is 0.273. The number of aromatic nitrogens is 3. The van der Waals surface area contributed by atoms with Crippen molar-refractivity contribution in [2.24, 2.45) is 5.10 Å². The number of amides is 1. The van der Waals surface area contributed by atoms with Gasteiger partial charge in [0.15, 0.2) is 5.16 Å². The molecule has 1 aliphatic rings. The summed E-state index contributed by atoms with van der Waals surface area (Å²) in [6, 6.07) is 17.7. The molecular formula is C22H23N5O2S. The number of carbonyl (C=O) groups excluding carboxylic acids is 1. The molecule has 4 rings (SSSR count). The van der Waals surface area contributed by atoms with Crippen LogP contribution in [0.1, 0.15) is 30.5 Å². The third-order valence-electron chi connectivity index (χ3n) is 5.02. The Hall–Kier alpha value is -3.13. The van der Waals surface area contributed by atoms with Crippen molar-refractivity contribution < 1.29 is 9.53 Å². The maximum absolute atomic E-state index is 13.1. The molecule has 154 valence electrons. The Kier molecular flexibility index (Phi) is 6.13. The average Bonchev–Trinajstić information content (AvgIpc) is 3.45. The number of nitrogens with zero attached hydrogens (tertiary/aromatic N) is 5. The van der Waals surface area contributed by atoms with Crippen LogP contribution in [0.25, 0.3) is 0 Å². The fourth-order valence-corrected chi connectivity index (χ4v) is 4.23. The smallest absolute Gasteiger partial charge is 0.253 e. The van der Waals surface area contributed by atoms with Gasteiger partial charge in [-0.05, 0) is 30.2 Å². The normalized spacial score (nSPS) is 15.9. The number of rotatable bonds is 7. The molecule has 0 saturated heterocycles. The number of ether oxygens (including phenoxy) is 1. The van der Waals surface area contributed by atoms with E-state index in [1.165, 1.54) is 11.8 Å². The van der Waals surface area contributed by atoms with Gasteiger partial charge in [-0.25, -0.2) is 5.01 Å². The minimum atomic E-state index is -0.150. The lowest BCUT2D eigenvalue weighted by molar-refractivity contribution is -0.130. The molecular weight excluding hydrogens is 398 g/mol. The summed E-state index contributed by atoms with van der Waals surface area (Å²) in [5.41, 5.74) is 2.97. The van der Waals surface area contributed by atoms with Gasteiger partial charge in [-0.3, -0.25) is 4.79 Å². The van der Waals surface area contributed by atoms with Crippen LogP contribution in [-0.4, -0.2) is 44.3 Å². The molecule has 0 radical (unpaired) electrons. The van der Waals surface area contributed by atoms with Crippen LogP contribution < -0.4 is 4.74 Å². The summed E-state index contributed by atoms with van der Waals surface area (Å²) in [6.45, 7) is 2.78. The van der Waals surface area contributed by atoms with E-state index in [9.17, 15) is 4.79 Å². The summed E-state index contributed by atoms with van der Waals surface area (Å²) in [5, 5.41) is 15.1. The zero-order valence-electron chi connectivity index (χ0n) is 16.9. The predicted molar refractivity (Wildman–Crippen MR) is 117 cm³/mol. The minimum absolute atomic E-state index is 0.0580. The molecule has 0 fully saturated rings. The maximum atomic E-state index is 13.1. The van der Waals surface area contributed by atoms with Gasteiger partial charge in [-0.15, -0.1) is 10.2 Å². The number of hydrogen-bond acceptors (Lipinski definition) is 6. The van der Waals surface area contributed by atoms with Crippen molar-refractivity contribution in [1.82, 2.24) is 19.8 Å². The van der Waals surface area contributed by atoms with Gasteiger partial charge in [0.2, 0.25) is 0 Å². The Morgan fingerprint density at radius 2 is 1.93 bits per heavy atom. The van der Waals surface area contributed by atoms with Crippen molar-refractivity contribution in [2.75, 3.05) is 12.9 Å². The molecule has 0 saturated carbocycles. The molecule has 0 aliphatic carbocycles. The van der Waals surface area contributed by atoms with E-state index in [0.29, 0.717) is 6.42 Å². The minimum Gasteiger partial charge on any atom is -0.497 e. The van der Waals surface area contributed by atoms with Crippen molar-refractivity contribution >= 4 is 23.4 Å². The van der Waals surface area contributed by atoms with Crippen LogP contribution in [0.2, 0.25) is 0 Å². The molecule has 1 aromatic heterocycles. The largest absolute Gasteiger partial charge is 0.497 e. The van der Waals surface area contributed by atoms with Gasteiger partial charge in [0.05, 0.1) is 24.6 Å². The molecule has 0 bridgehead atoms. The lowest BCUT2D eigenvalue weighted by Crippen LogP contribution is -2.28. The predicted octanol–water partition coefficient (Wildman–Crippen LogP) is 3.78. The van der Waals surface area contributed by atoms with Crippen molar-refractivity contribution in [3.05, 3.63) is 72.1 Å². The zero-order chi connectivity index (χ0) is 20.9. The Labute approximate surface area is 179 Å². The molecule has 2 heterocycles. The highest BCUT2D eigenvalue weighted by Gasteiger charge is 2.33. The van der Waals surface area contributed by atoms with E-state index in [1.54, 1.807) is 18.4 Å².